The molecule has 0 saturated carbocycles. The fourth-order valence-corrected chi connectivity index (χ4v) is 3.60. The van der Waals surface area contributed by atoms with Gasteiger partial charge in [-0.2, -0.15) is 11.8 Å². The van der Waals surface area contributed by atoms with Gasteiger partial charge in [0.1, 0.15) is 5.75 Å². The van der Waals surface area contributed by atoms with Crippen molar-refractivity contribution in [3.63, 3.8) is 0 Å². The first-order valence-electron chi connectivity index (χ1n) is 7.84. The molecule has 0 aliphatic carbocycles. The molecule has 2 atom stereocenters. The Morgan fingerprint density at radius 1 is 1.39 bits per heavy atom. The molecule has 1 heterocycles. The monoisotopic (exact) mass is 358 g/mol. The van der Waals surface area contributed by atoms with Crippen LogP contribution in [0.4, 0.5) is 0 Å². The van der Waals surface area contributed by atoms with Gasteiger partial charge in [-0.1, -0.05) is 26.0 Å². The van der Waals surface area contributed by atoms with Crippen molar-refractivity contribution in [2.75, 3.05) is 25.2 Å². The van der Waals surface area contributed by atoms with E-state index in [4.69, 9.17) is 4.74 Å². The second-order valence-corrected chi connectivity index (χ2v) is 7.14. The van der Waals surface area contributed by atoms with Crippen LogP contribution in [0.2, 0.25) is 0 Å². The first kappa shape index (κ1) is 20.1. The van der Waals surface area contributed by atoms with E-state index in [1.54, 1.807) is 7.11 Å². The van der Waals surface area contributed by atoms with E-state index in [0.29, 0.717) is 18.4 Å². The Morgan fingerprint density at radius 3 is 2.61 bits per heavy atom. The third-order valence-electron chi connectivity index (χ3n) is 3.89. The summed E-state index contributed by atoms with van der Waals surface area (Å²) in [7, 11) is 1.66. The first-order chi connectivity index (χ1) is 10.6. The van der Waals surface area contributed by atoms with Crippen LogP contribution in [0.1, 0.15) is 31.9 Å². The summed E-state index contributed by atoms with van der Waals surface area (Å²) in [4.78, 5) is 12.3. The second kappa shape index (κ2) is 10.1. The first-order valence-corrected chi connectivity index (χ1v) is 9.00. The number of halogens is 1. The molecule has 2 N–H and O–H groups in total. The van der Waals surface area contributed by atoms with Gasteiger partial charge in [0, 0.05) is 30.5 Å². The fraction of sp³-hybridized carbons (Fsp3) is 0.588. The van der Waals surface area contributed by atoms with Gasteiger partial charge in [-0.3, -0.25) is 4.79 Å². The lowest BCUT2D eigenvalue weighted by atomic mass is 9.95. The molecule has 1 aliphatic heterocycles. The number of nitrogens with one attached hydrogen (secondary N) is 2. The van der Waals surface area contributed by atoms with Crippen LogP contribution in [0.25, 0.3) is 0 Å². The number of hydrogen-bond acceptors (Lipinski definition) is 4. The van der Waals surface area contributed by atoms with E-state index in [2.05, 4.69) is 24.5 Å². The summed E-state index contributed by atoms with van der Waals surface area (Å²) >= 11 is 1.91. The smallest absolute Gasteiger partial charge is 0.222 e. The standard InChI is InChI=1S/C17H26N2O2S.ClH/c1-12(2)17(13-4-6-15(21-3)7-5-13)19-16(20)10-14-11-22-9-8-18-14;/h4-7,12,14,17-18H,8-11H2,1-3H3,(H,19,20);1H. The largest absolute Gasteiger partial charge is 0.497 e. The molecule has 23 heavy (non-hydrogen) atoms. The maximum absolute atomic E-state index is 12.3. The number of methoxy groups -OCH3 is 1. The van der Waals surface area contributed by atoms with Crippen molar-refractivity contribution in [3.05, 3.63) is 29.8 Å². The van der Waals surface area contributed by atoms with E-state index < -0.39 is 0 Å². The molecule has 1 aliphatic rings. The van der Waals surface area contributed by atoms with Crippen molar-refractivity contribution >= 4 is 30.1 Å². The van der Waals surface area contributed by atoms with Gasteiger partial charge in [-0.05, 0) is 23.6 Å². The Kier molecular flexibility index (Phi) is 8.81. The summed E-state index contributed by atoms with van der Waals surface area (Å²) in [5, 5.41) is 6.60. The van der Waals surface area contributed by atoms with Gasteiger partial charge in [-0.25, -0.2) is 0 Å². The lowest BCUT2D eigenvalue weighted by Crippen LogP contribution is -2.42. The van der Waals surface area contributed by atoms with E-state index in [1.807, 2.05) is 36.0 Å². The number of carbonyl (C=O) groups is 1. The van der Waals surface area contributed by atoms with Crippen molar-refractivity contribution in [3.8, 4) is 5.75 Å². The van der Waals surface area contributed by atoms with Crippen LogP contribution in [-0.4, -0.2) is 37.1 Å². The summed E-state index contributed by atoms with van der Waals surface area (Å²) in [6.45, 7) is 5.25. The average molecular weight is 359 g/mol. The normalized spacial score (nSPS) is 18.9. The third-order valence-corrected chi connectivity index (χ3v) is 5.02. The Bertz CT molecular complexity index is 476. The van der Waals surface area contributed by atoms with Crippen LogP contribution < -0.4 is 15.4 Å². The third kappa shape index (κ3) is 6.24. The summed E-state index contributed by atoms with van der Waals surface area (Å²) in [5.74, 6) is 3.45. The molecule has 130 valence electrons. The lowest BCUT2D eigenvalue weighted by Gasteiger charge is -2.26. The number of ether oxygens (including phenoxy) is 1. The molecule has 1 aromatic carbocycles. The van der Waals surface area contributed by atoms with Gasteiger partial charge in [0.15, 0.2) is 0 Å². The molecule has 2 unspecified atom stereocenters. The predicted molar refractivity (Wildman–Crippen MR) is 99.7 cm³/mol. The molecule has 0 aromatic heterocycles. The summed E-state index contributed by atoms with van der Waals surface area (Å²) in [5.41, 5.74) is 1.12. The second-order valence-electron chi connectivity index (χ2n) is 5.99. The molecular formula is C17H27ClN2O2S. The zero-order valence-corrected chi connectivity index (χ0v) is 15.6. The molecule has 4 nitrogen and oxygen atoms in total. The molecule has 6 heteroatoms. The highest BCUT2D eigenvalue weighted by molar-refractivity contribution is 7.99. The highest BCUT2D eigenvalue weighted by Gasteiger charge is 2.21. The molecule has 0 bridgehead atoms. The fourth-order valence-electron chi connectivity index (χ4n) is 2.65. The topological polar surface area (TPSA) is 50.4 Å². The molecule has 2 rings (SSSR count). The number of carbonyl (C=O) groups excluding carboxylic acids is 1. The van der Waals surface area contributed by atoms with Crippen LogP contribution in [-0.2, 0) is 4.79 Å². The molecule has 1 aromatic rings. The molecule has 1 amide bonds. The maximum Gasteiger partial charge on any atom is 0.222 e. The predicted octanol–water partition coefficient (Wildman–Crippen LogP) is 3.03. The van der Waals surface area contributed by atoms with E-state index in [0.717, 1.165) is 29.4 Å². The van der Waals surface area contributed by atoms with Gasteiger partial charge in [0.25, 0.3) is 0 Å². The minimum Gasteiger partial charge on any atom is -0.497 e. The Morgan fingerprint density at radius 2 is 2.09 bits per heavy atom. The summed E-state index contributed by atoms with van der Waals surface area (Å²) < 4.78 is 5.19. The minimum absolute atomic E-state index is 0. The zero-order chi connectivity index (χ0) is 15.9. The van der Waals surface area contributed by atoms with Gasteiger partial charge in [-0.15, -0.1) is 12.4 Å². The van der Waals surface area contributed by atoms with Gasteiger partial charge in [0.05, 0.1) is 13.2 Å². The molecule has 0 radical (unpaired) electrons. The van der Waals surface area contributed by atoms with Crippen molar-refractivity contribution in [2.45, 2.75) is 32.4 Å². The number of amides is 1. The van der Waals surface area contributed by atoms with Gasteiger partial charge >= 0.3 is 0 Å². The number of thioether (sulfide) groups is 1. The highest BCUT2D eigenvalue weighted by Crippen LogP contribution is 2.24. The van der Waals surface area contributed by atoms with Gasteiger partial charge < -0.3 is 15.4 Å². The van der Waals surface area contributed by atoms with Crippen molar-refractivity contribution in [1.82, 2.24) is 10.6 Å². The maximum atomic E-state index is 12.3. The molecular weight excluding hydrogens is 332 g/mol. The molecule has 0 spiro atoms. The van der Waals surface area contributed by atoms with Crippen LogP contribution in [0.3, 0.4) is 0 Å². The van der Waals surface area contributed by atoms with Crippen molar-refractivity contribution in [2.24, 2.45) is 5.92 Å². The Labute approximate surface area is 149 Å². The van der Waals surface area contributed by atoms with Crippen molar-refractivity contribution < 1.29 is 9.53 Å². The van der Waals surface area contributed by atoms with Crippen molar-refractivity contribution in [1.29, 1.82) is 0 Å². The SMILES string of the molecule is COc1ccc(C(NC(=O)CC2CSCCN2)C(C)C)cc1.Cl. The number of rotatable bonds is 6. The lowest BCUT2D eigenvalue weighted by molar-refractivity contribution is -0.122. The molecule has 1 fully saturated rings. The van der Waals surface area contributed by atoms with E-state index >= 15 is 0 Å². The molecule has 1 saturated heterocycles. The van der Waals surface area contributed by atoms with Gasteiger partial charge in [0.2, 0.25) is 5.91 Å². The van der Waals surface area contributed by atoms with E-state index in [1.165, 1.54) is 0 Å². The van der Waals surface area contributed by atoms with E-state index in [9.17, 15) is 4.79 Å². The van der Waals surface area contributed by atoms with Crippen LogP contribution in [0, 0.1) is 5.92 Å². The van der Waals surface area contributed by atoms with E-state index in [-0.39, 0.29) is 24.4 Å². The van der Waals surface area contributed by atoms with Crippen LogP contribution in [0.15, 0.2) is 24.3 Å². The number of benzene rings is 1. The average Bonchev–Trinajstić information content (AvgIpc) is 2.53. The van der Waals surface area contributed by atoms with Crippen LogP contribution in [0.5, 0.6) is 5.75 Å². The highest BCUT2D eigenvalue weighted by atomic mass is 35.5. The Balaban J connectivity index is 0.00000264. The zero-order valence-electron chi connectivity index (χ0n) is 14.0. The van der Waals surface area contributed by atoms with Crippen LogP contribution >= 0.6 is 24.2 Å². The Hall–Kier alpha value is -0.910. The quantitative estimate of drug-likeness (QED) is 0.820. The minimum atomic E-state index is 0. The number of hydrogen-bond donors (Lipinski definition) is 2. The summed E-state index contributed by atoms with van der Waals surface area (Å²) in [6.07, 6.45) is 0.548. The summed E-state index contributed by atoms with van der Waals surface area (Å²) in [6, 6.07) is 8.26.